The van der Waals surface area contributed by atoms with E-state index in [2.05, 4.69) is 35.5 Å². The average molecular weight is 454 g/mol. The van der Waals surface area contributed by atoms with Crippen molar-refractivity contribution in [1.29, 1.82) is 0 Å². The summed E-state index contributed by atoms with van der Waals surface area (Å²) in [5.41, 5.74) is 3.72. The summed E-state index contributed by atoms with van der Waals surface area (Å²) in [6.07, 6.45) is 14.2. The Morgan fingerprint density at radius 2 is 2.00 bits per heavy atom. The Hall–Kier alpha value is -1.62. The molecule has 4 unspecified atom stereocenters. The van der Waals surface area contributed by atoms with Gasteiger partial charge in [-0.15, -0.1) is 0 Å². The summed E-state index contributed by atoms with van der Waals surface area (Å²) in [5, 5.41) is 4.58. The predicted octanol–water partition coefficient (Wildman–Crippen LogP) is 6.25. The Bertz CT molecular complexity index is 905. The molecule has 0 aliphatic heterocycles. The van der Waals surface area contributed by atoms with Gasteiger partial charge in [-0.05, 0) is 106 Å². The van der Waals surface area contributed by atoms with Gasteiger partial charge in [0.05, 0.1) is 24.9 Å². The van der Waals surface area contributed by atoms with Gasteiger partial charge in [0.25, 0.3) is 0 Å². The number of hydrogen-bond donors (Lipinski definition) is 0. The topological polar surface area (TPSA) is 50.9 Å². The van der Waals surface area contributed by atoms with Gasteiger partial charge in [-0.1, -0.05) is 31.2 Å². The molecule has 0 spiro atoms. The Labute approximate surface area is 200 Å². The van der Waals surface area contributed by atoms with Crippen molar-refractivity contribution in [2.45, 2.75) is 84.6 Å². The predicted molar refractivity (Wildman–Crippen MR) is 132 cm³/mol. The molecule has 4 fully saturated rings. The van der Waals surface area contributed by atoms with Crippen LogP contribution in [0, 0.1) is 34.5 Å². The van der Waals surface area contributed by atoms with Crippen LogP contribution in [0.1, 0.15) is 83.3 Å². The molecule has 5 heteroatoms. The molecule has 1 aromatic rings. The summed E-state index contributed by atoms with van der Waals surface area (Å²) in [6, 6.07) is 0. The lowest BCUT2D eigenvalue weighted by Gasteiger charge is -2.60. The molecule has 0 radical (unpaired) electrons. The molecule has 1 heterocycles. The molecule has 5 rings (SSSR count). The zero-order valence-electron chi connectivity index (χ0n) is 21.2. The molecule has 4 saturated carbocycles. The van der Waals surface area contributed by atoms with E-state index >= 15 is 0 Å². The maximum Gasteiger partial charge on any atom is 0.197 e. The quantitative estimate of drug-likeness (QED) is 0.290. The van der Waals surface area contributed by atoms with Gasteiger partial charge in [0.1, 0.15) is 12.4 Å². The van der Waals surface area contributed by atoms with E-state index in [1.165, 1.54) is 50.7 Å². The summed E-state index contributed by atoms with van der Waals surface area (Å²) in [5.74, 6) is 5.09. The van der Waals surface area contributed by atoms with E-state index in [9.17, 15) is 0 Å². The van der Waals surface area contributed by atoms with Crippen LogP contribution in [0.25, 0.3) is 0 Å². The number of aromatic nitrogens is 1. The smallest absolute Gasteiger partial charge is 0.197 e. The van der Waals surface area contributed by atoms with Crippen molar-refractivity contribution in [3.05, 3.63) is 30.0 Å². The zero-order chi connectivity index (χ0) is 23.2. The Morgan fingerprint density at radius 3 is 2.82 bits per heavy atom. The van der Waals surface area contributed by atoms with E-state index in [1.807, 2.05) is 20.3 Å². The second kappa shape index (κ2) is 8.87. The minimum Gasteiger partial charge on any atom is -0.444 e. The van der Waals surface area contributed by atoms with Crippen molar-refractivity contribution >= 4 is 5.71 Å². The van der Waals surface area contributed by atoms with Crippen LogP contribution >= 0.6 is 0 Å². The minimum atomic E-state index is 0.426. The second-order valence-electron chi connectivity index (χ2n) is 12.2. The summed E-state index contributed by atoms with van der Waals surface area (Å²) in [4.78, 5) is 12.2. The van der Waals surface area contributed by atoms with Gasteiger partial charge in [0, 0.05) is 0 Å². The monoisotopic (exact) mass is 453 g/mol. The molecule has 0 saturated heterocycles. The highest BCUT2D eigenvalue weighted by Crippen LogP contribution is 2.66. The van der Waals surface area contributed by atoms with Crippen molar-refractivity contribution in [3.8, 4) is 0 Å². The third-order valence-electron chi connectivity index (χ3n) is 10.1. The van der Waals surface area contributed by atoms with Crippen LogP contribution in [0.3, 0.4) is 0 Å². The molecule has 5 nitrogen and oxygen atoms in total. The number of oxazole rings is 1. The molecular weight excluding hydrogens is 410 g/mol. The number of rotatable bonds is 6. The highest BCUT2D eigenvalue weighted by Gasteiger charge is 2.58. The highest BCUT2D eigenvalue weighted by molar-refractivity contribution is 5.85. The normalized spacial score (nSPS) is 39.4. The number of nitrogens with zero attached hydrogens (tertiary/aromatic N) is 3. The largest absolute Gasteiger partial charge is 0.444 e. The molecule has 182 valence electrons. The summed E-state index contributed by atoms with van der Waals surface area (Å²) < 4.78 is 5.78. The number of fused-ring (bicyclic) bond motifs is 5. The average Bonchev–Trinajstić information content (AvgIpc) is 3.34. The van der Waals surface area contributed by atoms with Gasteiger partial charge >= 0.3 is 0 Å². The molecule has 0 amide bonds. The fraction of sp³-hybridized carbons (Fsp3) is 0.786. The fourth-order valence-corrected chi connectivity index (χ4v) is 8.17. The van der Waals surface area contributed by atoms with Crippen LogP contribution in [0.15, 0.2) is 27.9 Å². The van der Waals surface area contributed by atoms with Gasteiger partial charge in [0.2, 0.25) is 0 Å². The Kier molecular flexibility index (Phi) is 6.22. The maximum atomic E-state index is 5.78. The van der Waals surface area contributed by atoms with Crippen molar-refractivity contribution in [2.24, 2.45) is 39.7 Å². The summed E-state index contributed by atoms with van der Waals surface area (Å²) >= 11 is 0. The third kappa shape index (κ3) is 4.19. The van der Waals surface area contributed by atoms with E-state index in [0.29, 0.717) is 23.9 Å². The first-order chi connectivity index (χ1) is 15.8. The van der Waals surface area contributed by atoms with E-state index < -0.39 is 0 Å². The van der Waals surface area contributed by atoms with Gasteiger partial charge in [-0.2, -0.15) is 0 Å². The van der Waals surface area contributed by atoms with Gasteiger partial charge in [-0.3, -0.25) is 0 Å². The fourth-order valence-electron chi connectivity index (χ4n) is 8.17. The van der Waals surface area contributed by atoms with Crippen LogP contribution in [0.2, 0.25) is 0 Å². The summed E-state index contributed by atoms with van der Waals surface area (Å²) in [7, 11) is 4.06. The molecule has 6 atom stereocenters. The van der Waals surface area contributed by atoms with E-state index in [1.54, 1.807) is 5.57 Å². The van der Waals surface area contributed by atoms with E-state index in [4.69, 9.17) is 9.25 Å². The minimum absolute atomic E-state index is 0.426. The second-order valence-corrected chi connectivity index (χ2v) is 12.2. The number of oxime groups is 1. The number of allylic oxidation sites excluding steroid dienone is 1. The Morgan fingerprint density at radius 1 is 1.15 bits per heavy atom. The SMILES string of the molecule is C=C1CCC2C3CCC4CC(=NOCCc5ncc(CN(C)C)o5)CC[C@]4(C)C3CC[C@]12C. The summed E-state index contributed by atoms with van der Waals surface area (Å²) in [6.45, 7) is 10.9. The van der Waals surface area contributed by atoms with Crippen molar-refractivity contribution < 1.29 is 9.25 Å². The van der Waals surface area contributed by atoms with E-state index in [0.717, 1.165) is 54.7 Å². The Balaban J connectivity index is 1.16. The maximum absolute atomic E-state index is 5.78. The van der Waals surface area contributed by atoms with Crippen LogP contribution in [-0.2, 0) is 17.8 Å². The molecule has 33 heavy (non-hydrogen) atoms. The molecule has 0 N–H and O–H groups in total. The van der Waals surface area contributed by atoms with Crippen molar-refractivity contribution in [1.82, 2.24) is 9.88 Å². The van der Waals surface area contributed by atoms with Gasteiger partial charge < -0.3 is 14.2 Å². The van der Waals surface area contributed by atoms with Crippen LogP contribution in [-0.4, -0.2) is 36.3 Å². The van der Waals surface area contributed by atoms with E-state index in [-0.39, 0.29) is 0 Å². The molecule has 4 aliphatic rings. The van der Waals surface area contributed by atoms with Crippen molar-refractivity contribution in [2.75, 3.05) is 20.7 Å². The zero-order valence-corrected chi connectivity index (χ0v) is 21.2. The molecule has 4 aliphatic carbocycles. The lowest BCUT2D eigenvalue weighted by molar-refractivity contribution is -0.0859. The highest BCUT2D eigenvalue weighted by atomic mass is 16.6. The van der Waals surface area contributed by atoms with Crippen LogP contribution < -0.4 is 0 Å². The van der Waals surface area contributed by atoms with Gasteiger partial charge in [-0.25, -0.2) is 4.98 Å². The lowest BCUT2D eigenvalue weighted by Crippen LogP contribution is -2.52. The van der Waals surface area contributed by atoms with Gasteiger partial charge in [0.15, 0.2) is 5.89 Å². The molecule has 0 bridgehead atoms. The third-order valence-corrected chi connectivity index (χ3v) is 10.1. The first-order valence-electron chi connectivity index (χ1n) is 13.2. The van der Waals surface area contributed by atoms with Crippen molar-refractivity contribution in [3.63, 3.8) is 0 Å². The first-order valence-corrected chi connectivity index (χ1v) is 13.2. The first kappa shape index (κ1) is 23.1. The molecule has 0 aromatic carbocycles. The number of hydrogen-bond acceptors (Lipinski definition) is 5. The lowest BCUT2D eigenvalue weighted by atomic mass is 9.45. The standard InChI is InChI=1S/C28H43N3O2/c1-19-6-9-24-23-8-7-20-16-21(10-13-28(20,3)25(23)11-14-27(19,24)2)30-32-15-12-26-29-17-22(33-26)18-31(4)5/h17,20,23-25H,1,6-16,18H2,2-5H3/t20?,23?,24?,25?,27-,28+/m1/s1. The molecular formula is C28H43N3O2. The van der Waals surface area contributed by atoms with Crippen LogP contribution in [0.4, 0.5) is 0 Å². The molecule has 1 aromatic heterocycles. The van der Waals surface area contributed by atoms with Crippen LogP contribution in [0.5, 0.6) is 0 Å².